The number of nitrogens with zero attached hydrogens (tertiary/aromatic N) is 1. The lowest BCUT2D eigenvalue weighted by Crippen LogP contribution is -2.64. The zero-order valence-corrected chi connectivity index (χ0v) is 26.4. The summed E-state index contributed by atoms with van der Waals surface area (Å²) in [5.74, 6) is -1.17. The number of carbonyl (C=O) groups is 1. The van der Waals surface area contributed by atoms with Crippen molar-refractivity contribution in [3.63, 3.8) is 0 Å². The molecule has 266 valence electrons. The molecule has 2 aliphatic heterocycles. The molecule has 0 saturated carbocycles. The Labute approximate surface area is 277 Å². The summed E-state index contributed by atoms with van der Waals surface area (Å²) in [4.78, 5) is 36.6. The van der Waals surface area contributed by atoms with E-state index in [1.54, 1.807) is 62.6 Å². The summed E-state index contributed by atoms with van der Waals surface area (Å²) >= 11 is 5.20. The number of aryl methyl sites for hydroxylation is 1. The fourth-order valence-electron chi connectivity index (χ4n) is 4.84. The number of hydrogen-bond donors (Lipinski definition) is 11. The second kappa shape index (κ2) is 17.8. The molecule has 3 heterocycles. The molecule has 18 nitrogen and oxygen atoms in total. The first-order valence-corrected chi connectivity index (χ1v) is 14.8. The van der Waals surface area contributed by atoms with Crippen molar-refractivity contribution < 1.29 is 59.5 Å². The molecule has 2 saturated heterocycles. The van der Waals surface area contributed by atoms with Crippen LogP contribution in [0.4, 0.5) is 5.69 Å². The standard InChI is InChI=1S/C14H20N2O6.C9H7NO3.C6H12ClNO5/c1-15-8-5-3-2-4-7(8)13(20)16-10-12(19)11(18)9(6-17)22-14(10)21;1-10-7-5-3-2-4-6(7)8(11)13-9(10)12;7-8-3-5(11)4(10)2(1-9)13-6(3)12/h2-5,9-12,14-15,17-19,21H,6H2,1H3,(H,16,20);2-5H,1H3;2-6,8-12H,1H2/t9-,10-,11-,12-,14?;;2-,3-,4-,5-,6?/m1.1/s1. The Hall–Kier alpha value is -3.50. The van der Waals surface area contributed by atoms with E-state index < -0.39 is 91.8 Å². The first-order valence-electron chi connectivity index (χ1n) is 14.4. The molecule has 0 spiro atoms. The average Bonchev–Trinajstić information content (AvgIpc) is 3.09. The molecule has 11 N–H and O–H groups in total. The summed E-state index contributed by atoms with van der Waals surface area (Å²) in [5, 5.41) is 81.0. The topological polar surface area (TPSA) is 286 Å². The summed E-state index contributed by atoms with van der Waals surface area (Å²) < 4.78 is 15.5. The van der Waals surface area contributed by atoms with Gasteiger partial charge in [0.25, 0.3) is 5.91 Å². The molecule has 0 radical (unpaired) electrons. The van der Waals surface area contributed by atoms with Gasteiger partial charge in [-0.15, -0.1) is 0 Å². The van der Waals surface area contributed by atoms with Crippen molar-refractivity contribution in [2.75, 3.05) is 25.6 Å². The fraction of sp³-hybridized carbons (Fsp3) is 0.483. The summed E-state index contributed by atoms with van der Waals surface area (Å²) in [5.41, 5.74) is 0.903. The third-order valence-electron chi connectivity index (χ3n) is 7.60. The number of aliphatic hydroxyl groups excluding tert-OH is 8. The van der Waals surface area contributed by atoms with Gasteiger partial charge in [-0.1, -0.05) is 24.3 Å². The number of anilines is 1. The predicted octanol–water partition coefficient (Wildman–Crippen LogP) is -3.72. The Morgan fingerprint density at radius 2 is 1.33 bits per heavy atom. The Morgan fingerprint density at radius 1 is 0.812 bits per heavy atom. The number of hydrogen-bond acceptors (Lipinski definition) is 16. The van der Waals surface area contributed by atoms with Crippen LogP contribution in [-0.2, 0) is 16.5 Å². The lowest BCUT2D eigenvalue weighted by molar-refractivity contribution is -0.252. The highest BCUT2D eigenvalue weighted by atomic mass is 35.5. The van der Waals surface area contributed by atoms with E-state index in [0.29, 0.717) is 22.2 Å². The van der Waals surface area contributed by atoms with E-state index in [9.17, 15) is 45.0 Å². The van der Waals surface area contributed by atoms with Gasteiger partial charge in [-0.2, -0.15) is 0 Å². The van der Waals surface area contributed by atoms with E-state index >= 15 is 0 Å². The van der Waals surface area contributed by atoms with Gasteiger partial charge in [0.05, 0.1) is 29.7 Å². The molecule has 0 bridgehead atoms. The molecule has 2 aliphatic rings. The van der Waals surface area contributed by atoms with Gasteiger partial charge in [0.2, 0.25) is 0 Å². The van der Waals surface area contributed by atoms with Gasteiger partial charge in [0, 0.05) is 19.8 Å². The van der Waals surface area contributed by atoms with Gasteiger partial charge in [-0.3, -0.25) is 9.36 Å². The first-order chi connectivity index (χ1) is 22.8. The molecule has 2 unspecified atom stereocenters. The number of carbonyl (C=O) groups excluding carboxylic acids is 1. The average molecular weight is 703 g/mol. The smallest absolute Gasteiger partial charge is 0.394 e. The van der Waals surface area contributed by atoms with Crippen LogP contribution in [0.1, 0.15) is 10.4 Å². The zero-order chi connectivity index (χ0) is 35.7. The van der Waals surface area contributed by atoms with Crippen molar-refractivity contribution in [2.45, 2.75) is 61.3 Å². The van der Waals surface area contributed by atoms with Gasteiger partial charge >= 0.3 is 11.4 Å². The van der Waals surface area contributed by atoms with Crippen molar-refractivity contribution in [1.82, 2.24) is 14.7 Å². The number of halogens is 1. The Balaban J connectivity index is 0.000000207. The maximum absolute atomic E-state index is 12.3. The van der Waals surface area contributed by atoms with Crippen LogP contribution in [0.2, 0.25) is 0 Å². The van der Waals surface area contributed by atoms with Crippen molar-refractivity contribution in [2.24, 2.45) is 7.05 Å². The highest BCUT2D eigenvalue weighted by Gasteiger charge is 2.45. The number of fused-ring (bicyclic) bond motifs is 1. The van der Waals surface area contributed by atoms with E-state index in [0.717, 1.165) is 0 Å². The normalized spacial score (nSPS) is 29.9. The van der Waals surface area contributed by atoms with Crippen LogP contribution in [0.3, 0.4) is 0 Å². The second-order valence-corrected chi connectivity index (χ2v) is 10.8. The van der Waals surface area contributed by atoms with Crippen LogP contribution in [-0.4, -0.2) is 133 Å². The number of aromatic nitrogens is 1. The molecule has 0 aliphatic carbocycles. The van der Waals surface area contributed by atoms with Crippen molar-refractivity contribution in [1.29, 1.82) is 0 Å². The number of aliphatic hydroxyl groups is 8. The van der Waals surface area contributed by atoms with E-state index in [2.05, 4.69) is 19.9 Å². The van der Waals surface area contributed by atoms with Gasteiger partial charge in [0.15, 0.2) is 12.6 Å². The SMILES string of the molecule is CNc1ccccc1C(=O)N[C@H]1C(O)O[C@H](CO)[C@@H](O)[C@@H]1O.Cn1c(=O)oc(=O)c2ccccc21.OC[C@H]1OC(O)[C@H](NCl)[C@@H](O)[C@@H]1O. The zero-order valence-electron chi connectivity index (χ0n) is 25.7. The molecule has 1 aromatic heterocycles. The summed E-state index contributed by atoms with van der Waals surface area (Å²) in [7, 11) is 3.22. The lowest BCUT2D eigenvalue weighted by atomic mass is 9.96. The molecule has 19 heteroatoms. The van der Waals surface area contributed by atoms with Crippen molar-refractivity contribution in [3.8, 4) is 0 Å². The van der Waals surface area contributed by atoms with Crippen LogP contribution in [0, 0.1) is 0 Å². The van der Waals surface area contributed by atoms with Crippen LogP contribution in [0.25, 0.3) is 10.9 Å². The van der Waals surface area contributed by atoms with Crippen LogP contribution < -0.4 is 26.9 Å². The summed E-state index contributed by atoms with van der Waals surface area (Å²) in [6.07, 6.45) is -10.4. The molecule has 3 aromatic rings. The molecule has 5 rings (SSSR count). The van der Waals surface area contributed by atoms with Gasteiger partial charge in [-0.05, 0) is 36.0 Å². The first kappa shape index (κ1) is 38.9. The number of para-hydroxylation sites is 2. The Morgan fingerprint density at radius 3 is 1.90 bits per heavy atom. The van der Waals surface area contributed by atoms with E-state index in [4.69, 9.17) is 31.5 Å². The molecule has 48 heavy (non-hydrogen) atoms. The van der Waals surface area contributed by atoms with Gasteiger partial charge in [0.1, 0.15) is 48.7 Å². The third kappa shape index (κ3) is 8.94. The minimum atomic E-state index is -1.54. The van der Waals surface area contributed by atoms with Crippen LogP contribution in [0.15, 0.2) is 62.5 Å². The summed E-state index contributed by atoms with van der Waals surface area (Å²) in [6.45, 7) is -1.04. The van der Waals surface area contributed by atoms with Crippen LogP contribution in [0.5, 0.6) is 0 Å². The maximum atomic E-state index is 12.3. The maximum Gasteiger partial charge on any atom is 0.422 e. The lowest BCUT2D eigenvalue weighted by Gasteiger charge is -2.40. The number of nitrogens with one attached hydrogen (secondary N) is 3. The van der Waals surface area contributed by atoms with Gasteiger partial charge in [-0.25, -0.2) is 14.4 Å². The predicted molar refractivity (Wildman–Crippen MR) is 168 cm³/mol. The van der Waals surface area contributed by atoms with E-state index in [1.807, 2.05) is 0 Å². The number of benzene rings is 2. The third-order valence-corrected chi connectivity index (χ3v) is 7.86. The largest absolute Gasteiger partial charge is 0.422 e. The number of ether oxygens (including phenoxy) is 2. The van der Waals surface area contributed by atoms with Crippen molar-refractivity contribution >= 4 is 34.3 Å². The fourth-order valence-corrected chi connectivity index (χ4v) is 5.07. The minimum Gasteiger partial charge on any atom is -0.394 e. The highest BCUT2D eigenvalue weighted by molar-refractivity contribution is 6.13. The number of amides is 1. The second-order valence-electron chi connectivity index (χ2n) is 10.6. The Bertz CT molecular complexity index is 1610. The summed E-state index contributed by atoms with van der Waals surface area (Å²) in [6, 6.07) is 11.4. The van der Waals surface area contributed by atoms with E-state index in [1.165, 1.54) is 4.57 Å². The van der Waals surface area contributed by atoms with Crippen LogP contribution >= 0.6 is 11.8 Å². The minimum absolute atomic E-state index is 0.322. The molecule has 10 atom stereocenters. The Kier molecular flexibility index (Phi) is 14.4. The highest BCUT2D eigenvalue weighted by Crippen LogP contribution is 2.22. The van der Waals surface area contributed by atoms with Crippen molar-refractivity contribution in [3.05, 3.63) is 75.1 Å². The molecule has 2 fully saturated rings. The quantitative estimate of drug-likeness (QED) is 0.110. The number of rotatable bonds is 6. The van der Waals surface area contributed by atoms with Gasteiger partial charge < -0.3 is 65.4 Å². The van der Waals surface area contributed by atoms with E-state index in [-0.39, 0.29) is 0 Å². The monoisotopic (exact) mass is 702 g/mol. The molecular formula is C29H39ClN4O14. The molecule has 2 aromatic carbocycles. The molecule has 1 amide bonds. The molecular weight excluding hydrogens is 664 g/mol.